The molecule has 0 radical (unpaired) electrons. The van der Waals surface area contributed by atoms with Crippen molar-refractivity contribution in [2.45, 2.75) is 16.2 Å². The summed E-state index contributed by atoms with van der Waals surface area (Å²) in [6.45, 7) is 0. The molecule has 8 nitrogen and oxygen atoms in total. The van der Waals surface area contributed by atoms with Gasteiger partial charge in [0.1, 0.15) is 9.79 Å². The second kappa shape index (κ2) is 4.68. The molecular weight excluding hydrogens is 344 g/mol. The number of hydrogen-bond acceptors (Lipinski definition) is 6. The van der Waals surface area contributed by atoms with Crippen molar-refractivity contribution < 1.29 is 25.9 Å². The van der Waals surface area contributed by atoms with Crippen LogP contribution in [-0.4, -0.2) is 25.9 Å². The average Bonchev–Trinajstić information content (AvgIpc) is 2.78. The Hall–Kier alpha value is -2.14. The van der Waals surface area contributed by atoms with Crippen molar-refractivity contribution in [3.8, 4) is 11.1 Å². The summed E-state index contributed by atoms with van der Waals surface area (Å²) < 4.78 is 65.5. The molecule has 0 heterocycles. The van der Waals surface area contributed by atoms with E-state index >= 15 is 0 Å². The summed E-state index contributed by atoms with van der Waals surface area (Å²) in [5.74, 6) is 0. The molecule has 3 rings (SSSR count). The second-order valence-electron chi connectivity index (χ2n) is 5.12. The van der Waals surface area contributed by atoms with Gasteiger partial charge in [0, 0.05) is 12.0 Å². The van der Waals surface area contributed by atoms with Crippen LogP contribution in [0.1, 0.15) is 11.1 Å². The predicted molar refractivity (Wildman–Crippen MR) is 83.1 cm³/mol. The Kier molecular flexibility index (Phi) is 3.20. The van der Waals surface area contributed by atoms with Crippen molar-refractivity contribution in [1.82, 2.24) is 0 Å². The van der Waals surface area contributed by atoms with Gasteiger partial charge in [-0.3, -0.25) is 9.11 Å². The third-order valence-corrected chi connectivity index (χ3v) is 5.79. The van der Waals surface area contributed by atoms with Gasteiger partial charge in [0.2, 0.25) is 0 Å². The van der Waals surface area contributed by atoms with Gasteiger partial charge in [0.25, 0.3) is 20.2 Å². The summed E-state index contributed by atoms with van der Waals surface area (Å²) in [5.41, 5.74) is 12.3. The fraction of sp³-hybridized carbons (Fsp3) is 0.0769. The van der Waals surface area contributed by atoms with Crippen molar-refractivity contribution in [3.05, 3.63) is 35.4 Å². The Morgan fingerprint density at radius 2 is 1.43 bits per heavy atom. The summed E-state index contributed by atoms with van der Waals surface area (Å²) in [6.07, 6.45) is 0.0353. The van der Waals surface area contributed by atoms with Crippen molar-refractivity contribution in [2.75, 3.05) is 11.5 Å². The van der Waals surface area contributed by atoms with E-state index in [1.54, 1.807) is 24.3 Å². The van der Waals surface area contributed by atoms with Crippen molar-refractivity contribution in [1.29, 1.82) is 0 Å². The first-order valence-electron chi connectivity index (χ1n) is 6.30. The highest BCUT2D eigenvalue weighted by atomic mass is 32.2. The molecule has 23 heavy (non-hydrogen) atoms. The fourth-order valence-electron chi connectivity index (χ4n) is 2.91. The van der Waals surface area contributed by atoms with Crippen LogP contribution < -0.4 is 11.5 Å². The Labute approximate surface area is 132 Å². The average molecular weight is 356 g/mol. The predicted octanol–water partition coefficient (Wildman–Crippen LogP) is 0.916. The van der Waals surface area contributed by atoms with Crippen LogP contribution in [0.25, 0.3) is 11.1 Å². The number of anilines is 2. The van der Waals surface area contributed by atoms with Crippen LogP contribution in [0, 0.1) is 0 Å². The van der Waals surface area contributed by atoms with Gasteiger partial charge < -0.3 is 11.5 Å². The van der Waals surface area contributed by atoms with Crippen molar-refractivity contribution in [3.63, 3.8) is 0 Å². The summed E-state index contributed by atoms with van der Waals surface area (Å²) in [4.78, 5) is -2.03. The van der Waals surface area contributed by atoms with Gasteiger partial charge in [-0.05, 0) is 16.7 Å². The van der Waals surface area contributed by atoms with Crippen LogP contribution >= 0.6 is 0 Å². The van der Waals surface area contributed by atoms with E-state index < -0.39 is 35.7 Å². The van der Waals surface area contributed by atoms with E-state index in [0.717, 1.165) is 0 Å². The number of benzene rings is 2. The first-order chi connectivity index (χ1) is 10.5. The molecule has 0 aromatic heterocycles. The number of nitrogen functional groups attached to an aromatic ring is 2. The molecule has 1 aliphatic carbocycles. The highest BCUT2D eigenvalue weighted by Crippen LogP contribution is 2.48. The molecule has 0 saturated carbocycles. The topological polar surface area (TPSA) is 161 Å². The minimum Gasteiger partial charge on any atom is -0.397 e. The molecule has 0 saturated heterocycles. The lowest BCUT2D eigenvalue weighted by Gasteiger charge is -2.16. The lowest BCUT2D eigenvalue weighted by molar-refractivity contribution is 0.466. The highest BCUT2D eigenvalue weighted by molar-refractivity contribution is 7.89. The number of nitrogens with two attached hydrogens (primary N) is 2. The molecule has 2 aromatic carbocycles. The molecule has 0 amide bonds. The second-order valence-corrected chi connectivity index (χ2v) is 7.84. The number of fused-ring (bicyclic) bond motifs is 3. The van der Waals surface area contributed by atoms with Gasteiger partial charge in [-0.2, -0.15) is 16.8 Å². The quantitative estimate of drug-likeness (QED) is 0.389. The summed E-state index contributed by atoms with van der Waals surface area (Å²) >= 11 is 0. The Morgan fingerprint density at radius 1 is 0.870 bits per heavy atom. The Bertz CT molecular complexity index is 1060. The maximum absolute atomic E-state index is 11.8. The van der Waals surface area contributed by atoms with E-state index in [1.165, 1.54) is 0 Å². The van der Waals surface area contributed by atoms with Crippen LogP contribution in [0.5, 0.6) is 0 Å². The van der Waals surface area contributed by atoms with Gasteiger partial charge in [-0.15, -0.1) is 0 Å². The third kappa shape index (κ3) is 2.27. The lowest BCUT2D eigenvalue weighted by Crippen LogP contribution is -2.16. The van der Waals surface area contributed by atoms with Crippen molar-refractivity contribution >= 4 is 31.6 Å². The van der Waals surface area contributed by atoms with Crippen LogP contribution in [-0.2, 0) is 26.7 Å². The molecule has 6 N–H and O–H groups in total. The first kappa shape index (κ1) is 15.7. The molecule has 122 valence electrons. The van der Waals surface area contributed by atoms with Gasteiger partial charge in [0.05, 0.1) is 11.4 Å². The van der Waals surface area contributed by atoms with E-state index in [1.807, 2.05) is 0 Å². The molecule has 2 aromatic rings. The standard InChI is InChI=1S/C13H12N2O6S2/c14-10-9-7-4-2-1-3-6(7)5-8(9)12(22(16,17)18)13(11(10)15)23(19,20)21/h1-4H,5,14-15H2,(H,16,17,18)(H,19,20,21). The van der Waals surface area contributed by atoms with Crippen LogP contribution in [0.3, 0.4) is 0 Å². The lowest BCUT2D eigenvalue weighted by atomic mass is 10.0. The maximum Gasteiger partial charge on any atom is 0.298 e. The molecule has 0 fully saturated rings. The molecule has 0 atom stereocenters. The monoisotopic (exact) mass is 356 g/mol. The zero-order valence-corrected chi connectivity index (χ0v) is 13.1. The SMILES string of the molecule is Nc1c(N)c(S(=O)(=O)O)c(S(=O)(=O)O)c2c1-c1ccccc1C2. The van der Waals surface area contributed by atoms with Crippen LogP contribution in [0.15, 0.2) is 34.1 Å². The van der Waals surface area contributed by atoms with Gasteiger partial charge in [-0.1, -0.05) is 24.3 Å². The molecule has 0 bridgehead atoms. The smallest absolute Gasteiger partial charge is 0.298 e. The van der Waals surface area contributed by atoms with E-state index in [4.69, 9.17) is 11.5 Å². The molecular formula is C13H12N2O6S2. The molecule has 0 spiro atoms. The van der Waals surface area contributed by atoms with Crippen molar-refractivity contribution in [2.24, 2.45) is 0 Å². The Balaban J connectivity index is 2.58. The summed E-state index contributed by atoms with van der Waals surface area (Å²) in [6, 6.07) is 6.82. The van der Waals surface area contributed by atoms with Gasteiger partial charge in [-0.25, -0.2) is 0 Å². The minimum absolute atomic E-state index is 0.00646. The van der Waals surface area contributed by atoms with Gasteiger partial charge >= 0.3 is 0 Å². The van der Waals surface area contributed by atoms with E-state index in [2.05, 4.69) is 0 Å². The Morgan fingerprint density at radius 3 is 2.00 bits per heavy atom. The molecule has 0 aliphatic heterocycles. The van der Waals surface area contributed by atoms with Gasteiger partial charge in [0.15, 0.2) is 0 Å². The first-order valence-corrected chi connectivity index (χ1v) is 9.18. The van der Waals surface area contributed by atoms with E-state index in [9.17, 15) is 25.9 Å². The number of hydrogen-bond donors (Lipinski definition) is 4. The van der Waals surface area contributed by atoms with E-state index in [-0.39, 0.29) is 23.2 Å². The fourth-order valence-corrected chi connectivity index (χ4v) is 5.11. The zero-order chi connectivity index (χ0) is 17.2. The maximum atomic E-state index is 11.8. The van der Waals surface area contributed by atoms with E-state index in [0.29, 0.717) is 11.1 Å². The molecule has 1 aliphatic rings. The number of rotatable bonds is 2. The van der Waals surface area contributed by atoms with Crippen LogP contribution in [0.4, 0.5) is 11.4 Å². The molecule has 0 unspecified atom stereocenters. The molecule has 10 heteroatoms. The zero-order valence-electron chi connectivity index (χ0n) is 11.5. The van der Waals surface area contributed by atoms with Crippen LogP contribution in [0.2, 0.25) is 0 Å². The normalized spacial score (nSPS) is 13.7. The summed E-state index contributed by atoms with van der Waals surface area (Å²) in [5, 5.41) is 0. The summed E-state index contributed by atoms with van der Waals surface area (Å²) in [7, 11) is -10.00. The third-order valence-electron chi connectivity index (χ3n) is 3.76. The highest BCUT2D eigenvalue weighted by Gasteiger charge is 2.37. The largest absolute Gasteiger partial charge is 0.397 e. The minimum atomic E-state index is -5.02.